The maximum atomic E-state index is 12.3. The maximum absolute atomic E-state index is 12.3. The van der Waals surface area contributed by atoms with Crippen molar-refractivity contribution in [2.45, 2.75) is 6.54 Å². The molecule has 2 aromatic carbocycles. The molecule has 0 atom stereocenters. The zero-order valence-electron chi connectivity index (χ0n) is 15.1. The lowest BCUT2D eigenvalue weighted by molar-refractivity contribution is -0.117. The number of hydrogen-bond acceptors (Lipinski definition) is 5. The number of rotatable bonds is 7. The van der Waals surface area contributed by atoms with E-state index in [9.17, 15) is 4.79 Å². The number of likely N-dealkylation sites (N-methyl/N-ethyl adjacent to an activating group) is 1. The SMILES string of the molecule is COc1ccc(-c2csc(NC(=O)CN(C)Cc3ccccc3Cl)n2)cc1. The summed E-state index contributed by atoms with van der Waals surface area (Å²) in [5, 5.41) is 6.06. The van der Waals surface area contributed by atoms with Crippen LogP contribution in [0.1, 0.15) is 5.56 Å². The Morgan fingerprint density at radius 1 is 1.22 bits per heavy atom. The molecule has 3 aromatic rings. The summed E-state index contributed by atoms with van der Waals surface area (Å²) in [6.07, 6.45) is 0. The van der Waals surface area contributed by atoms with Gasteiger partial charge in [0.15, 0.2) is 5.13 Å². The molecule has 0 aliphatic carbocycles. The van der Waals surface area contributed by atoms with E-state index in [0.29, 0.717) is 16.7 Å². The third-order valence-electron chi connectivity index (χ3n) is 3.95. The van der Waals surface area contributed by atoms with Crippen LogP contribution in [-0.2, 0) is 11.3 Å². The molecule has 0 spiro atoms. The Morgan fingerprint density at radius 3 is 2.67 bits per heavy atom. The molecule has 1 amide bonds. The number of aromatic nitrogens is 1. The Balaban J connectivity index is 1.56. The van der Waals surface area contributed by atoms with Crippen molar-refractivity contribution in [2.24, 2.45) is 0 Å². The summed E-state index contributed by atoms with van der Waals surface area (Å²) in [5.74, 6) is 0.684. The normalized spacial score (nSPS) is 10.8. The number of amides is 1. The van der Waals surface area contributed by atoms with E-state index in [0.717, 1.165) is 22.6 Å². The molecular formula is C20H20ClN3O2S. The van der Waals surface area contributed by atoms with Crippen LogP contribution in [-0.4, -0.2) is 36.5 Å². The molecule has 140 valence electrons. The van der Waals surface area contributed by atoms with Crippen LogP contribution in [0, 0.1) is 0 Å². The van der Waals surface area contributed by atoms with Crippen LogP contribution < -0.4 is 10.1 Å². The molecule has 0 unspecified atom stereocenters. The lowest BCUT2D eigenvalue weighted by Crippen LogP contribution is -2.29. The summed E-state index contributed by atoms with van der Waals surface area (Å²) in [4.78, 5) is 18.7. The number of benzene rings is 2. The van der Waals surface area contributed by atoms with E-state index in [1.54, 1.807) is 7.11 Å². The third kappa shape index (κ3) is 5.29. The molecule has 0 aliphatic rings. The van der Waals surface area contributed by atoms with Gasteiger partial charge < -0.3 is 10.1 Å². The smallest absolute Gasteiger partial charge is 0.240 e. The van der Waals surface area contributed by atoms with Crippen molar-refractivity contribution in [3.63, 3.8) is 0 Å². The zero-order valence-corrected chi connectivity index (χ0v) is 16.7. The standard InChI is InChI=1S/C20H20ClN3O2S/c1-24(11-15-5-3-4-6-17(15)21)12-19(25)23-20-22-18(13-27-20)14-7-9-16(26-2)10-8-14/h3-10,13H,11-12H2,1-2H3,(H,22,23,25). The highest BCUT2D eigenvalue weighted by Crippen LogP contribution is 2.26. The molecule has 1 heterocycles. The summed E-state index contributed by atoms with van der Waals surface area (Å²) < 4.78 is 5.16. The number of carbonyl (C=O) groups excluding carboxylic acids is 1. The van der Waals surface area contributed by atoms with Crippen molar-refractivity contribution in [3.8, 4) is 17.0 Å². The number of nitrogens with zero attached hydrogens (tertiary/aromatic N) is 2. The quantitative estimate of drug-likeness (QED) is 0.631. The van der Waals surface area contributed by atoms with Crippen LogP contribution >= 0.6 is 22.9 Å². The second-order valence-electron chi connectivity index (χ2n) is 6.08. The Morgan fingerprint density at radius 2 is 1.96 bits per heavy atom. The molecule has 27 heavy (non-hydrogen) atoms. The van der Waals surface area contributed by atoms with Crippen molar-refractivity contribution in [2.75, 3.05) is 26.0 Å². The Bertz CT molecular complexity index is 912. The predicted octanol–water partition coefficient (Wildman–Crippen LogP) is 4.54. The summed E-state index contributed by atoms with van der Waals surface area (Å²) >= 11 is 7.57. The second-order valence-corrected chi connectivity index (χ2v) is 7.34. The van der Waals surface area contributed by atoms with Crippen LogP contribution in [0.3, 0.4) is 0 Å². The van der Waals surface area contributed by atoms with Crippen LogP contribution in [0.5, 0.6) is 5.75 Å². The first-order valence-electron chi connectivity index (χ1n) is 8.37. The average Bonchev–Trinajstić information content (AvgIpc) is 3.12. The number of methoxy groups -OCH3 is 1. The first-order valence-corrected chi connectivity index (χ1v) is 9.62. The molecule has 0 radical (unpaired) electrons. The minimum absolute atomic E-state index is 0.111. The maximum Gasteiger partial charge on any atom is 0.240 e. The molecule has 1 aromatic heterocycles. The topological polar surface area (TPSA) is 54.5 Å². The summed E-state index contributed by atoms with van der Waals surface area (Å²) in [5.41, 5.74) is 2.79. The van der Waals surface area contributed by atoms with E-state index < -0.39 is 0 Å². The van der Waals surface area contributed by atoms with Crippen LogP contribution in [0.4, 0.5) is 5.13 Å². The summed E-state index contributed by atoms with van der Waals surface area (Å²) in [7, 11) is 3.52. The number of halogens is 1. The minimum atomic E-state index is -0.111. The Hall–Kier alpha value is -2.41. The number of carbonyl (C=O) groups is 1. The number of ether oxygens (including phenoxy) is 1. The van der Waals surface area contributed by atoms with Crippen LogP contribution in [0.25, 0.3) is 11.3 Å². The van der Waals surface area contributed by atoms with Gasteiger partial charge in [-0.15, -0.1) is 11.3 Å². The number of thiazole rings is 1. The average molecular weight is 402 g/mol. The molecule has 0 fully saturated rings. The second kappa shape index (κ2) is 8.99. The van der Waals surface area contributed by atoms with Gasteiger partial charge in [0.1, 0.15) is 5.75 Å². The fourth-order valence-electron chi connectivity index (χ4n) is 2.60. The fourth-order valence-corrected chi connectivity index (χ4v) is 3.53. The number of anilines is 1. The minimum Gasteiger partial charge on any atom is -0.497 e. The molecule has 0 saturated heterocycles. The lowest BCUT2D eigenvalue weighted by Gasteiger charge is -2.16. The molecule has 5 nitrogen and oxygen atoms in total. The van der Waals surface area contributed by atoms with Gasteiger partial charge in [-0.3, -0.25) is 9.69 Å². The lowest BCUT2D eigenvalue weighted by atomic mass is 10.2. The molecule has 0 bridgehead atoms. The predicted molar refractivity (Wildman–Crippen MR) is 111 cm³/mol. The van der Waals surface area contributed by atoms with Gasteiger partial charge in [0.25, 0.3) is 0 Å². The van der Waals surface area contributed by atoms with E-state index in [4.69, 9.17) is 16.3 Å². The largest absolute Gasteiger partial charge is 0.497 e. The van der Waals surface area contributed by atoms with Crippen molar-refractivity contribution in [3.05, 3.63) is 64.5 Å². The zero-order chi connectivity index (χ0) is 19.2. The fraction of sp³-hybridized carbons (Fsp3) is 0.200. The van der Waals surface area contributed by atoms with Gasteiger partial charge in [0, 0.05) is 22.5 Å². The molecule has 3 rings (SSSR count). The summed E-state index contributed by atoms with van der Waals surface area (Å²) in [6, 6.07) is 15.3. The first kappa shape index (κ1) is 19.4. The monoisotopic (exact) mass is 401 g/mol. The first-order chi connectivity index (χ1) is 13.0. The van der Waals surface area contributed by atoms with E-state index >= 15 is 0 Å². The molecular weight excluding hydrogens is 382 g/mol. The van der Waals surface area contributed by atoms with Gasteiger partial charge in [0.2, 0.25) is 5.91 Å². The van der Waals surface area contributed by atoms with E-state index in [-0.39, 0.29) is 12.5 Å². The highest BCUT2D eigenvalue weighted by atomic mass is 35.5. The highest BCUT2D eigenvalue weighted by Gasteiger charge is 2.12. The Labute approximate surface area is 167 Å². The van der Waals surface area contributed by atoms with Gasteiger partial charge in [0.05, 0.1) is 19.3 Å². The van der Waals surface area contributed by atoms with Crippen LogP contribution in [0.2, 0.25) is 5.02 Å². The van der Waals surface area contributed by atoms with Crippen molar-refractivity contribution < 1.29 is 9.53 Å². The van der Waals surface area contributed by atoms with Gasteiger partial charge >= 0.3 is 0 Å². The summed E-state index contributed by atoms with van der Waals surface area (Å²) in [6.45, 7) is 0.852. The van der Waals surface area contributed by atoms with Crippen molar-refractivity contribution in [1.82, 2.24) is 9.88 Å². The van der Waals surface area contributed by atoms with Gasteiger partial charge in [-0.05, 0) is 42.9 Å². The third-order valence-corrected chi connectivity index (χ3v) is 5.07. The van der Waals surface area contributed by atoms with Gasteiger partial charge in [-0.25, -0.2) is 4.98 Å². The van der Waals surface area contributed by atoms with Crippen molar-refractivity contribution >= 4 is 34.0 Å². The van der Waals surface area contributed by atoms with E-state index in [1.807, 2.05) is 65.9 Å². The van der Waals surface area contributed by atoms with E-state index in [2.05, 4.69) is 10.3 Å². The van der Waals surface area contributed by atoms with Gasteiger partial charge in [-0.2, -0.15) is 0 Å². The molecule has 1 N–H and O–H groups in total. The number of hydrogen-bond donors (Lipinski definition) is 1. The molecule has 0 saturated carbocycles. The molecule has 7 heteroatoms. The van der Waals surface area contributed by atoms with Crippen molar-refractivity contribution in [1.29, 1.82) is 0 Å². The Kier molecular flexibility index (Phi) is 6.45. The molecule has 0 aliphatic heterocycles. The van der Waals surface area contributed by atoms with Gasteiger partial charge in [-0.1, -0.05) is 29.8 Å². The number of nitrogens with one attached hydrogen (secondary N) is 1. The highest BCUT2D eigenvalue weighted by molar-refractivity contribution is 7.14. The van der Waals surface area contributed by atoms with Crippen LogP contribution in [0.15, 0.2) is 53.9 Å². The van der Waals surface area contributed by atoms with E-state index in [1.165, 1.54) is 11.3 Å².